The minimum atomic E-state index is -0.0134. The smallest absolute Gasteiger partial charge is 0.264 e. The van der Waals surface area contributed by atoms with Gasteiger partial charge in [0, 0.05) is 18.8 Å². The Bertz CT molecular complexity index is 295. The zero-order chi connectivity index (χ0) is 8.39. The number of hydrogen-bond donors (Lipinski definition) is 2. The lowest BCUT2D eigenvalue weighted by atomic mass is 10.1. The fourth-order valence-corrected chi connectivity index (χ4v) is 1.63. The second-order valence-electron chi connectivity index (χ2n) is 3.20. The molecule has 0 radical (unpaired) electrons. The first-order chi connectivity index (χ1) is 5.86. The summed E-state index contributed by atoms with van der Waals surface area (Å²) in [5, 5.41) is 6.07. The van der Waals surface area contributed by atoms with Crippen molar-refractivity contribution in [2.45, 2.75) is 18.9 Å². The van der Waals surface area contributed by atoms with E-state index < -0.39 is 0 Å². The molecule has 4 heteroatoms. The van der Waals surface area contributed by atoms with Crippen molar-refractivity contribution in [2.75, 3.05) is 13.1 Å². The van der Waals surface area contributed by atoms with E-state index in [0.29, 0.717) is 6.04 Å². The Labute approximate surface area is 70.6 Å². The molecule has 1 saturated heterocycles. The molecule has 1 aliphatic rings. The third-order valence-electron chi connectivity index (χ3n) is 2.29. The van der Waals surface area contributed by atoms with Gasteiger partial charge in [-0.15, -0.1) is 0 Å². The minimum Gasteiger partial charge on any atom is -0.315 e. The van der Waals surface area contributed by atoms with E-state index >= 15 is 0 Å². The summed E-state index contributed by atoms with van der Waals surface area (Å²) in [6.45, 7) is 2.06. The van der Waals surface area contributed by atoms with Crippen LogP contribution in [0.15, 0.2) is 17.1 Å². The first-order valence-corrected chi connectivity index (χ1v) is 4.34. The fraction of sp³-hybridized carbons (Fsp3) is 0.625. The third-order valence-corrected chi connectivity index (χ3v) is 2.29. The summed E-state index contributed by atoms with van der Waals surface area (Å²) in [4.78, 5) is 10.8. The number of nitrogens with one attached hydrogen (secondary N) is 2. The molecule has 0 unspecified atom stereocenters. The van der Waals surface area contributed by atoms with E-state index in [1.54, 1.807) is 6.07 Å². The number of rotatable bonds is 1. The molecule has 1 fully saturated rings. The van der Waals surface area contributed by atoms with Gasteiger partial charge in [-0.25, -0.2) is 0 Å². The van der Waals surface area contributed by atoms with Crippen molar-refractivity contribution in [3.05, 3.63) is 22.6 Å². The van der Waals surface area contributed by atoms with Crippen LogP contribution in [0.3, 0.4) is 0 Å². The number of nitrogens with zero attached hydrogens (tertiary/aromatic N) is 1. The second kappa shape index (κ2) is 3.15. The highest BCUT2D eigenvalue weighted by atomic mass is 16.1. The third kappa shape index (κ3) is 1.43. The fourth-order valence-electron chi connectivity index (χ4n) is 1.63. The van der Waals surface area contributed by atoms with Crippen LogP contribution < -0.4 is 10.9 Å². The molecule has 1 atom stereocenters. The Morgan fingerprint density at radius 2 is 2.50 bits per heavy atom. The molecule has 1 aromatic rings. The number of aromatic amines is 1. The molecule has 0 bridgehead atoms. The topological polar surface area (TPSA) is 49.8 Å². The molecular weight excluding hydrogens is 154 g/mol. The van der Waals surface area contributed by atoms with Crippen LogP contribution in [0, 0.1) is 0 Å². The summed E-state index contributed by atoms with van der Waals surface area (Å²) in [7, 11) is 0. The van der Waals surface area contributed by atoms with Crippen molar-refractivity contribution < 1.29 is 0 Å². The Morgan fingerprint density at radius 3 is 3.08 bits per heavy atom. The first-order valence-electron chi connectivity index (χ1n) is 4.34. The molecule has 2 heterocycles. The van der Waals surface area contributed by atoms with Gasteiger partial charge in [-0.3, -0.25) is 14.6 Å². The highest BCUT2D eigenvalue weighted by molar-refractivity contribution is 4.85. The standard InChI is InChI=1S/C8H13N3O/c12-8-3-5-11(10-8)7-2-1-4-9-6-7/h3,5,7,9H,1-2,4,6H2,(H,10,12)/t7-/m1/s1. The van der Waals surface area contributed by atoms with Gasteiger partial charge in [-0.2, -0.15) is 0 Å². The molecule has 0 spiro atoms. The summed E-state index contributed by atoms with van der Waals surface area (Å²) in [6, 6.07) is 2.00. The van der Waals surface area contributed by atoms with Crippen molar-refractivity contribution in [1.82, 2.24) is 15.1 Å². The molecule has 4 nitrogen and oxygen atoms in total. The van der Waals surface area contributed by atoms with Crippen LogP contribution in [0.2, 0.25) is 0 Å². The Hall–Kier alpha value is -1.03. The molecule has 0 saturated carbocycles. The van der Waals surface area contributed by atoms with Gasteiger partial charge in [0.1, 0.15) is 0 Å². The molecule has 1 aliphatic heterocycles. The van der Waals surface area contributed by atoms with Crippen LogP contribution in [-0.2, 0) is 0 Å². The SMILES string of the molecule is O=c1ccn([C@@H]2CCCNC2)[nH]1. The summed E-state index contributed by atoms with van der Waals surface area (Å²) in [5.74, 6) is 0. The van der Waals surface area contributed by atoms with Crippen LogP contribution in [0.1, 0.15) is 18.9 Å². The van der Waals surface area contributed by atoms with E-state index in [4.69, 9.17) is 0 Å². The highest BCUT2D eigenvalue weighted by Crippen LogP contribution is 2.13. The van der Waals surface area contributed by atoms with E-state index in [1.165, 1.54) is 6.42 Å². The van der Waals surface area contributed by atoms with Crippen LogP contribution in [0.5, 0.6) is 0 Å². The Balaban J connectivity index is 2.13. The van der Waals surface area contributed by atoms with Gasteiger partial charge in [0.05, 0.1) is 6.04 Å². The van der Waals surface area contributed by atoms with Crippen molar-refractivity contribution in [2.24, 2.45) is 0 Å². The lowest BCUT2D eigenvalue weighted by Gasteiger charge is -2.23. The number of piperidine rings is 1. The van der Waals surface area contributed by atoms with Gasteiger partial charge < -0.3 is 5.32 Å². The van der Waals surface area contributed by atoms with Crippen molar-refractivity contribution in [3.8, 4) is 0 Å². The van der Waals surface area contributed by atoms with E-state index in [1.807, 2.05) is 10.9 Å². The molecule has 0 aliphatic carbocycles. The second-order valence-corrected chi connectivity index (χ2v) is 3.20. The first kappa shape index (κ1) is 7.61. The van der Waals surface area contributed by atoms with E-state index in [2.05, 4.69) is 10.4 Å². The maximum atomic E-state index is 10.8. The summed E-state index contributed by atoms with van der Waals surface area (Å²) in [6.07, 6.45) is 4.16. The largest absolute Gasteiger partial charge is 0.315 e. The van der Waals surface area contributed by atoms with E-state index in [9.17, 15) is 4.79 Å². The molecule has 0 amide bonds. The summed E-state index contributed by atoms with van der Waals surface area (Å²) >= 11 is 0. The van der Waals surface area contributed by atoms with Crippen molar-refractivity contribution in [1.29, 1.82) is 0 Å². The van der Waals surface area contributed by atoms with Crippen LogP contribution in [0.4, 0.5) is 0 Å². The zero-order valence-electron chi connectivity index (χ0n) is 6.92. The maximum Gasteiger partial charge on any atom is 0.264 e. The molecule has 2 N–H and O–H groups in total. The van der Waals surface area contributed by atoms with Crippen LogP contribution in [-0.4, -0.2) is 22.9 Å². The highest BCUT2D eigenvalue weighted by Gasteiger charge is 2.13. The lowest BCUT2D eigenvalue weighted by molar-refractivity contribution is 0.345. The van der Waals surface area contributed by atoms with E-state index in [-0.39, 0.29) is 5.56 Å². The van der Waals surface area contributed by atoms with Gasteiger partial charge in [0.15, 0.2) is 0 Å². The van der Waals surface area contributed by atoms with Gasteiger partial charge in [0.25, 0.3) is 5.56 Å². The molecule has 66 valence electrons. The number of H-pyrrole nitrogens is 1. The monoisotopic (exact) mass is 167 g/mol. The molecule has 1 aromatic heterocycles. The summed E-state index contributed by atoms with van der Waals surface area (Å²) in [5.41, 5.74) is -0.0134. The van der Waals surface area contributed by atoms with Gasteiger partial charge >= 0.3 is 0 Å². The van der Waals surface area contributed by atoms with Crippen LogP contribution in [0.25, 0.3) is 0 Å². The quantitative estimate of drug-likeness (QED) is 0.623. The lowest BCUT2D eigenvalue weighted by Crippen LogP contribution is -2.32. The number of aromatic nitrogens is 2. The molecule has 12 heavy (non-hydrogen) atoms. The normalized spacial score (nSPS) is 24.2. The van der Waals surface area contributed by atoms with E-state index in [0.717, 1.165) is 19.5 Å². The summed E-state index contributed by atoms with van der Waals surface area (Å²) < 4.78 is 1.90. The van der Waals surface area contributed by atoms with Gasteiger partial charge in [-0.05, 0) is 19.4 Å². The predicted octanol–water partition coefficient (Wildman–Crippen LogP) is 0.101. The van der Waals surface area contributed by atoms with Gasteiger partial charge in [0.2, 0.25) is 0 Å². The van der Waals surface area contributed by atoms with Crippen LogP contribution >= 0.6 is 0 Å². The minimum absolute atomic E-state index is 0.0134. The Kier molecular flexibility index (Phi) is 1.99. The average molecular weight is 167 g/mol. The number of hydrogen-bond acceptors (Lipinski definition) is 2. The maximum absolute atomic E-state index is 10.8. The van der Waals surface area contributed by atoms with Crippen molar-refractivity contribution >= 4 is 0 Å². The predicted molar refractivity (Wildman–Crippen MR) is 46.2 cm³/mol. The van der Waals surface area contributed by atoms with Crippen molar-refractivity contribution in [3.63, 3.8) is 0 Å². The molecule has 0 aromatic carbocycles. The zero-order valence-corrected chi connectivity index (χ0v) is 6.92. The molecular formula is C8H13N3O. The average Bonchev–Trinajstić information content (AvgIpc) is 2.54. The molecule has 2 rings (SSSR count). The van der Waals surface area contributed by atoms with Gasteiger partial charge in [-0.1, -0.05) is 0 Å². The Morgan fingerprint density at radius 1 is 1.58 bits per heavy atom.